The fraction of sp³-hybridized carbons (Fsp3) is 0.333. The number of rotatable bonds is 4. The van der Waals surface area contributed by atoms with E-state index in [1.807, 2.05) is 6.07 Å². The molecule has 1 saturated heterocycles. The molecule has 0 unspecified atom stereocenters. The highest BCUT2D eigenvalue weighted by atomic mass is 35.5. The van der Waals surface area contributed by atoms with Gasteiger partial charge in [0.25, 0.3) is 5.91 Å². The molecule has 0 bridgehead atoms. The molecule has 1 amide bonds. The van der Waals surface area contributed by atoms with E-state index in [-0.39, 0.29) is 5.91 Å². The first kappa shape index (κ1) is 16.7. The van der Waals surface area contributed by atoms with Gasteiger partial charge in [-0.3, -0.25) is 4.79 Å². The minimum Gasteiger partial charge on any atom is -0.367 e. The molecular weight excluding hydrogens is 324 g/mol. The van der Waals surface area contributed by atoms with Gasteiger partial charge >= 0.3 is 0 Å². The normalized spacial score (nSPS) is 15.9. The van der Waals surface area contributed by atoms with Crippen LogP contribution >= 0.6 is 11.6 Å². The topological polar surface area (TPSA) is 57.3 Å². The minimum absolute atomic E-state index is 0.199. The molecule has 1 aromatic carbocycles. The summed E-state index contributed by atoms with van der Waals surface area (Å²) in [5.41, 5.74) is 1.19. The number of carbonyl (C=O) groups excluding carboxylic acids is 1. The number of hydrogen-bond acceptors (Lipinski definition) is 4. The second-order valence-electron chi connectivity index (χ2n) is 6.12. The monoisotopic (exact) mass is 344 g/mol. The Hall–Kier alpha value is -2.11. The van der Waals surface area contributed by atoms with E-state index in [1.165, 1.54) is 0 Å². The Balaban J connectivity index is 1.58. The van der Waals surface area contributed by atoms with Crippen molar-refractivity contribution in [1.29, 1.82) is 0 Å². The number of amides is 1. The molecule has 2 heterocycles. The largest absolute Gasteiger partial charge is 0.367 e. The first-order chi connectivity index (χ1) is 11.6. The summed E-state index contributed by atoms with van der Waals surface area (Å²) < 4.78 is 0. The number of halogens is 1. The van der Waals surface area contributed by atoms with Crippen LogP contribution in [-0.4, -0.2) is 42.0 Å². The van der Waals surface area contributed by atoms with Crippen molar-refractivity contribution in [3.63, 3.8) is 0 Å². The minimum atomic E-state index is -0.199. The van der Waals surface area contributed by atoms with Gasteiger partial charge in [-0.1, -0.05) is 17.7 Å². The van der Waals surface area contributed by atoms with Crippen molar-refractivity contribution in [2.75, 3.05) is 30.8 Å². The van der Waals surface area contributed by atoms with Crippen molar-refractivity contribution in [2.24, 2.45) is 0 Å². The molecule has 0 spiro atoms. The molecule has 5 nitrogen and oxygen atoms in total. The number of aromatic nitrogens is 1. The summed E-state index contributed by atoms with van der Waals surface area (Å²) in [5, 5.41) is 6.84. The molecule has 2 N–H and O–H groups in total. The van der Waals surface area contributed by atoms with Gasteiger partial charge in [-0.2, -0.15) is 0 Å². The van der Waals surface area contributed by atoms with E-state index in [2.05, 4.69) is 27.6 Å². The molecule has 0 saturated carbocycles. The van der Waals surface area contributed by atoms with Crippen molar-refractivity contribution in [3.05, 3.63) is 53.2 Å². The molecule has 0 radical (unpaired) electrons. The molecule has 6 heteroatoms. The standard InChI is InChI=1S/C18H21ClN4O/c1-23-9-7-15(8-10-23)21-17-6-5-13(12-20-17)18(24)22-16-4-2-3-14(19)11-16/h2-6,11-12,15H,7-10H2,1H3,(H,20,21)(H,22,24). The third-order valence-electron chi connectivity index (χ3n) is 4.18. The van der Waals surface area contributed by atoms with E-state index in [9.17, 15) is 4.79 Å². The zero-order valence-electron chi connectivity index (χ0n) is 13.6. The molecule has 1 aliphatic heterocycles. The first-order valence-corrected chi connectivity index (χ1v) is 8.46. The lowest BCUT2D eigenvalue weighted by atomic mass is 10.1. The Morgan fingerprint density at radius 2 is 2.04 bits per heavy atom. The van der Waals surface area contributed by atoms with Crippen LogP contribution in [0.5, 0.6) is 0 Å². The zero-order chi connectivity index (χ0) is 16.9. The fourth-order valence-corrected chi connectivity index (χ4v) is 2.94. The number of anilines is 2. The number of carbonyl (C=O) groups is 1. The maximum absolute atomic E-state index is 12.2. The van der Waals surface area contributed by atoms with Gasteiger partial charge in [-0.15, -0.1) is 0 Å². The van der Waals surface area contributed by atoms with E-state index in [0.29, 0.717) is 22.3 Å². The Kier molecular flexibility index (Phi) is 5.33. The molecular formula is C18H21ClN4O. The predicted molar refractivity (Wildman–Crippen MR) is 97.8 cm³/mol. The van der Waals surface area contributed by atoms with Gasteiger partial charge in [0.05, 0.1) is 5.56 Å². The lowest BCUT2D eigenvalue weighted by Crippen LogP contribution is -2.36. The molecule has 2 aromatic rings. The molecule has 24 heavy (non-hydrogen) atoms. The zero-order valence-corrected chi connectivity index (χ0v) is 14.4. The average Bonchev–Trinajstić information content (AvgIpc) is 2.57. The quantitative estimate of drug-likeness (QED) is 0.891. The predicted octanol–water partition coefficient (Wildman–Crippen LogP) is 3.49. The van der Waals surface area contributed by atoms with Crippen LogP contribution in [0.25, 0.3) is 0 Å². The van der Waals surface area contributed by atoms with Crippen molar-refractivity contribution >= 4 is 29.0 Å². The molecule has 1 aliphatic rings. The summed E-state index contributed by atoms with van der Waals surface area (Å²) >= 11 is 5.92. The lowest BCUT2D eigenvalue weighted by Gasteiger charge is -2.29. The number of pyridine rings is 1. The van der Waals surface area contributed by atoms with Gasteiger partial charge in [-0.25, -0.2) is 4.98 Å². The van der Waals surface area contributed by atoms with Crippen molar-refractivity contribution < 1.29 is 4.79 Å². The van der Waals surface area contributed by atoms with Gasteiger partial charge in [-0.05, 0) is 63.3 Å². The van der Waals surface area contributed by atoms with E-state index in [4.69, 9.17) is 11.6 Å². The number of nitrogens with zero attached hydrogens (tertiary/aromatic N) is 2. The summed E-state index contributed by atoms with van der Waals surface area (Å²) in [6.45, 7) is 2.19. The Bertz CT molecular complexity index is 696. The third-order valence-corrected chi connectivity index (χ3v) is 4.41. The highest BCUT2D eigenvalue weighted by Gasteiger charge is 2.16. The van der Waals surface area contributed by atoms with Crippen LogP contribution in [0.4, 0.5) is 11.5 Å². The average molecular weight is 345 g/mol. The number of piperidine rings is 1. The van der Waals surface area contributed by atoms with E-state index in [1.54, 1.807) is 36.5 Å². The van der Waals surface area contributed by atoms with Gasteiger partial charge in [0.1, 0.15) is 5.82 Å². The summed E-state index contributed by atoms with van der Waals surface area (Å²) in [4.78, 5) is 18.9. The SMILES string of the molecule is CN1CCC(Nc2ccc(C(=O)Nc3cccc(Cl)c3)cn2)CC1. The lowest BCUT2D eigenvalue weighted by molar-refractivity contribution is 0.102. The van der Waals surface area contributed by atoms with E-state index < -0.39 is 0 Å². The second kappa shape index (κ2) is 7.64. The molecule has 1 aromatic heterocycles. The van der Waals surface area contributed by atoms with Gasteiger partial charge in [0.2, 0.25) is 0 Å². The summed E-state index contributed by atoms with van der Waals surface area (Å²) in [6, 6.07) is 11.2. The number of hydrogen-bond donors (Lipinski definition) is 2. The number of nitrogens with one attached hydrogen (secondary N) is 2. The van der Waals surface area contributed by atoms with Crippen LogP contribution in [0.2, 0.25) is 5.02 Å². The van der Waals surface area contributed by atoms with Crippen molar-refractivity contribution in [3.8, 4) is 0 Å². The highest BCUT2D eigenvalue weighted by Crippen LogP contribution is 2.17. The maximum Gasteiger partial charge on any atom is 0.257 e. The molecule has 0 aliphatic carbocycles. The van der Waals surface area contributed by atoms with Crippen molar-refractivity contribution in [2.45, 2.75) is 18.9 Å². The summed E-state index contributed by atoms with van der Waals surface area (Å²) in [7, 11) is 2.14. The van der Waals surface area contributed by atoms with Crippen molar-refractivity contribution in [1.82, 2.24) is 9.88 Å². The molecule has 126 valence electrons. The molecule has 3 rings (SSSR count). The second-order valence-corrected chi connectivity index (χ2v) is 6.55. The van der Waals surface area contributed by atoms with Gasteiger partial charge in [0, 0.05) is 22.9 Å². The summed E-state index contributed by atoms with van der Waals surface area (Å²) in [5.74, 6) is 0.611. The fourth-order valence-electron chi connectivity index (χ4n) is 2.75. The van der Waals surface area contributed by atoms with Crippen LogP contribution in [-0.2, 0) is 0 Å². The molecule has 0 atom stereocenters. The van der Waals surface area contributed by atoms with Crippen LogP contribution < -0.4 is 10.6 Å². The summed E-state index contributed by atoms with van der Waals surface area (Å²) in [6.07, 6.45) is 3.81. The Labute approximate surface area is 147 Å². The number of likely N-dealkylation sites (tertiary alicyclic amines) is 1. The van der Waals surface area contributed by atoms with E-state index in [0.717, 1.165) is 31.7 Å². The Morgan fingerprint density at radius 3 is 2.71 bits per heavy atom. The first-order valence-electron chi connectivity index (χ1n) is 8.08. The van der Waals surface area contributed by atoms with Crippen LogP contribution in [0.15, 0.2) is 42.6 Å². The Morgan fingerprint density at radius 1 is 1.25 bits per heavy atom. The molecule has 1 fully saturated rings. The third kappa shape index (κ3) is 4.46. The van der Waals surface area contributed by atoms with Crippen LogP contribution in [0.3, 0.4) is 0 Å². The highest BCUT2D eigenvalue weighted by molar-refractivity contribution is 6.30. The van der Waals surface area contributed by atoms with Gasteiger partial charge < -0.3 is 15.5 Å². The van der Waals surface area contributed by atoms with Crippen LogP contribution in [0.1, 0.15) is 23.2 Å². The van der Waals surface area contributed by atoms with Gasteiger partial charge in [0.15, 0.2) is 0 Å². The maximum atomic E-state index is 12.2. The van der Waals surface area contributed by atoms with Crippen LogP contribution in [0, 0.1) is 0 Å². The number of benzene rings is 1. The smallest absolute Gasteiger partial charge is 0.257 e. The van der Waals surface area contributed by atoms with E-state index >= 15 is 0 Å².